The molecule has 8 heteroatoms. The van der Waals surface area contributed by atoms with Crippen molar-refractivity contribution in [2.75, 3.05) is 44.8 Å². The number of nitrogens with zero attached hydrogens (tertiary/aromatic N) is 2. The van der Waals surface area contributed by atoms with Crippen LogP contribution in [0.3, 0.4) is 0 Å². The zero-order chi connectivity index (χ0) is 16.9. The number of aromatic hydroxyl groups is 1. The summed E-state index contributed by atoms with van der Waals surface area (Å²) in [6, 6.07) is 6.52. The molecule has 0 fully saturated rings. The van der Waals surface area contributed by atoms with Gasteiger partial charge in [-0.3, -0.25) is 4.99 Å². The molecule has 0 radical (unpaired) electrons. The molecule has 1 aromatic rings. The van der Waals surface area contributed by atoms with Gasteiger partial charge < -0.3 is 31.4 Å². The van der Waals surface area contributed by atoms with Gasteiger partial charge >= 0.3 is 0 Å². The number of phenols is 1. The van der Waals surface area contributed by atoms with Gasteiger partial charge in [-0.2, -0.15) is 0 Å². The minimum Gasteiger partial charge on any atom is -0.508 e. The molecule has 0 saturated heterocycles. The number of anilines is 1. The fourth-order valence-corrected chi connectivity index (χ4v) is 1.61. The van der Waals surface area contributed by atoms with Crippen molar-refractivity contribution in [3.05, 3.63) is 24.3 Å². The SMILES string of the molecule is CC(=NCCOCCOCCN)N=C(N)Nc1ccc(O)cc1. The number of benzene rings is 1. The highest BCUT2D eigenvalue weighted by Gasteiger charge is 1.96. The number of amidine groups is 1. The quantitative estimate of drug-likeness (QED) is 0.227. The van der Waals surface area contributed by atoms with Crippen LogP contribution < -0.4 is 16.8 Å². The molecular formula is C15H25N5O3. The van der Waals surface area contributed by atoms with E-state index >= 15 is 0 Å². The summed E-state index contributed by atoms with van der Waals surface area (Å²) in [7, 11) is 0. The first-order valence-electron chi connectivity index (χ1n) is 7.38. The third-order valence-electron chi connectivity index (χ3n) is 2.63. The van der Waals surface area contributed by atoms with Gasteiger partial charge in [0.25, 0.3) is 0 Å². The summed E-state index contributed by atoms with van der Waals surface area (Å²) in [6.07, 6.45) is 0. The molecule has 1 aromatic carbocycles. The van der Waals surface area contributed by atoms with Crippen LogP contribution in [-0.4, -0.2) is 56.4 Å². The van der Waals surface area contributed by atoms with Crippen LogP contribution >= 0.6 is 0 Å². The molecule has 0 heterocycles. The number of aliphatic imine (C=N–C) groups is 2. The molecule has 0 unspecified atom stereocenters. The van der Waals surface area contributed by atoms with E-state index in [0.29, 0.717) is 45.4 Å². The van der Waals surface area contributed by atoms with Crippen LogP contribution in [-0.2, 0) is 9.47 Å². The highest BCUT2D eigenvalue weighted by atomic mass is 16.5. The van der Waals surface area contributed by atoms with Gasteiger partial charge in [-0.25, -0.2) is 4.99 Å². The molecule has 0 aromatic heterocycles. The van der Waals surface area contributed by atoms with Gasteiger partial charge in [0.15, 0.2) is 5.96 Å². The summed E-state index contributed by atoms with van der Waals surface area (Å²) in [6.45, 7) is 4.85. The maximum absolute atomic E-state index is 9.20. The predicted octanol–water partition coefficient (Wildman–Crippen LogP) is 0.529. The van der Waals surface area contributed by atoms with Crippen LogP contribution in [0, 0.1) is 0 Å². The minimum absolute atomic E-state index is 0.192. The van der Waals surface area contributed by atoms with E-state index in [1.165, 1.54) is 0 Å². The molecule has 0 saturated carbocycles. The summed E-state index contributed by atoms with van der Waals surface area (Å²) in [4.78, 5) is 8.37. The number of rotatable bonds is 9. The standard InChI is InChI=1S/C15H25N5O3/c1-12(18-7-9-23-11-10-22-8-6-16)19-15(17)20-13-2-4-14(21)5-3-13/h2-5,21H,6-11,16H2,1H3,(H3,17,18,19,20). The van der Waals surface area contributed by atoms with Crippen LogP contribution in [0.5, 0.6) is 5.75 Å². The van der Waals surface area contributed by atoms with E-state index in [0.717, 1.165) is 5.69 Å². The van der Waals surface area contributed by atoms with Crippen molar-refractivity contribution < 1.29 is 14.6 Å². The van der Waals surface area contributed by atoms with Gasteiger partial charge in [0, 0.05) is 12.2 Å². The van der Waals surface area contributed by atoms with Gasteiger partial charge in [0.05, 0.1) is 33.0 Å². The third-order valence-corrected chi connectivity index (χ3v) is 2.63. The number of phenolic OH excluding ortho intramolecular Hbond substituents is 1. The molecule has 23 heavy (non-hydrogen) atoms. The van der Waals surface area contributed by atoms with Gasteiger partial charge in [-0.05, 0) is 31.2 Å². The molecule has 8 nitrogen and oxygen atoms in total. The third kappa shape index (κ3) is 9.46. The van der Waals surface area contributed by atoms with E-state index in [1.54, 1.807) is 31.2 Å². The van der Waals surface area contributed by atoms with Crippen molar-refractivity contribution in [2.45, 2.75) is 6.92 Å². The van der Waals surface area contributed by atoms with Crippen molar-refractivity contribution in [1.82, 2.24) is 0 Å². The predicted molar refractivity (Wildman–Crippen MR) is 92.0 cm³/mol. The van der Waals surface area contributed by atoms with Gasteiger partial charge in [-0.15, -0.1) is 0 Å². The average molecular weight is 323 g/mol. The van der Waals surface area contributed by atoms with E-state index in [4.69, 9.17) is 20.9 Å². The van der Waals surface area contributed by atoms with Gasteiger partial charge in [0.2, 0.25) is 0 Å². The molecule has 128 valence electrons. The van der Waals surface area contributed by atoms with Crippen molar-refractivity contribution in [1.29, 1.82) is 0 Å². The van der Waals surface area contributed by atoms with Gasteiger partial charge in [0.1, 0.15) is 11.6 Å². The molecule has 0 atom stereocenters. The second-order valence-corrected chi connectivity index (χ2v) is 4.61. The van der Waals surface area contributed by atoms with Crippen molar-refractivity contribution >= 4 is 17.5 Å². The molecule has 0 bridgehead atoms. The first-order chi connectivity index (χ1) is 11.1. The Hall–Kier alpha value is -2.16. The van der Waals surface area contributed by atoms with Crippen molar-refractivity contribution in [3.8, 4) is 5.75 Å². The highest BCUT2D eigenvalue weighted by molar-refractivity contribution is 6.00. The Morgan fingerprint density at radius 3 is 2.43 bits per heavy atom. The molecular weight excluding hydrogens is 298 g/mol. The van der Waals surface area contributed by atoms with Crippen LogP contribution in [0.2, 0.25) is 0 Å². The Labute approximate surface area is 136 Å². The Bertz CT molecular complexity index is 502. The Morgan fingerprint density at radius 2 is 1.78 bits per heavy atom. The second-order valence-electron chi connectivity index (χ2n) is 4.61. The van der Waals surface area contributed by atoms with E-state index in [9.17, 15) is 5.11 Å². The molecule has 6 N–H and O–H groups in total. The maximum Gasteiger partial charge on any atom is 0.199 e. The Balaban J connectivity index is 2.24. The highest BCUT2D eigenvalue weighted by Crippen LogP contribution is 2.13. The minimum atomic E-state index is 0.192. The fraction of sp³-hybridized carbons (Fsp3) is 0.467. The number of nitrogens with one attached hydrogen (secondary N) is 1. The van der Waals surface area contributed by atoms with Crippen molar-refractivity contribution in [2.24, 2.45) is 21.5 Å². The first-order valence-corrected chi connectivity index (χ1v) is 7.38. The number of ether oxygens (including phenoxy) is 2. The number of hydrogen-bond donors (Lipinski definition) is 4. The van der Waals surface area contributed by atoms with E-state index in [1.807, 2.05) is 0 Å². The lowest BCUT2D eigenvalue weighted by Crippen LogP contribution is -2.23. The summed E-state index contributed by atoms with van der Waals surface area (Å²) in [5.41, 5.74) is 11.8. The lowest BCUT2D eigenvalue weighted by Gasteiger charge is -2.05. The average Bonchev–Trinajstić information content (AvgIpc) is 2.52. The van der Waals surface area contributed by atoms with Crippen molar-refractivity contribution in [3.63, 3.8) is 0 Å². The molecule has 0 aliphatic rings. The smallest absolute Gasteiger partial charge is 0.199 e. The Kier molecular flexibility index (Phi) is 9.37. The van der Waals surface area contributed by atoms with E-state index < -0.39 is 0 Å². The van der Waals surface area contributed by atoms with E-state index in [2.05, 4.69) is 15.3 Å². The number of guanidine groups is 1. The monoisotopic (exact) mass is 323 g/mol. The van der Waals surface area contributed by atoms with Crippen LogP contribution in [0.25, 0.3) is 0 Å². The van der Waals surface area contributed by atoms with Crippen LogP contribution in [0.4, 0.5) is 5.69 Å². The topological polar surface area (TPSA) is 127 Å². The molecule has 0 amide bonds. The second kappa shape index (κ2) is 11.4. The Morgan fingerprint density at radius 1 is 1.13 bits per heavy atom. The summed E-state index contributed by atoms with van der Waals surface area (Å²) < 4.78 is 10.5. The van der Waals surface area contributed by atoms with Crippen LogP contribution in [0.15, 0.2) is 34.3 Å². The molecule has 0 aliphatic heterocycles. The lowest BCUT2D eigenvalue weighted by atomic mass is 10.3. The van der Waals surface area contributed by atoms with Crippen LogP contribution in [0.1, 0.15) is 6.92 Å². The number of hydrogen-bond acceptors (Lipinski definition) is 5. The lowest BCUT2D eigenvalue weighted by molar-refractivity contribution is 0.0540. The molecule has 0 spiro atoms. The largest absolute Gasteiger partial charge is 0.508 e. The number of nitrogens with two attached hydrogens (primary N) is 2. The summed E-state index contributed by atoms with van der Waals surface area (Å²) in [5.74, 6) is 0.974. The molecule has 1 rings (SSSR count). The zero-order valence-electron chi connectivity index (χ0n) is 13.4. The van der Waals surface area contributed by atoms with E-state index in [-0.39, 0.29) is 11.7 Å². The summed E-state index contributed by atoms with van der Waals surface area (Å²) >= 11 is 0. The normalized spacial score (nSPS) is 12.4. The molecule has 0 aliphatic carbocycles. The first kappa shape index (κ1) is 18.9. The summed E-state index contributed by atoms with van der Waals surface area (Å²) in [5, 5.41) is 12.1. The maximum atomic E-state index is 9.20. The zero-order valence-corrected chi connectivity index (χ0v) is 13.4. The fourth-order valence-electron chi connectivity index (χ4n) is 1.61. The van der Waals surface area contributed by atoms with Gasteiger partial charge in [-0.1, -0.05) is 0 Å².